The van der Waals surface area contributed by atoms with E-state index in [2.05, 4.69) is 5.10 Å². The van der Waals surface area contributed by atoms with Gasteiger partial charge in [-0.3, -0.25) is 9.48 Å². The SMILES string of the molecule is CCn1ncc(Cl)c1CN(C)C(=O)c1cccc(C#N)c1. The fourth-order valence-corrected chi connectivity index (χ4v) is 2.26. The van der Waals surface area contributed by atoms with Crippen LogP contribution in [0.5, 0.6) is 0 Å². The van der Waals surface area contributed by atoms with E-state index in [4.69, 9.17) is 16.9 Å². The number of amides is 1. The Balaban J connectivity index is 2.19. The molecule has 2 aromatic rings. The first-order valence-electron chi connectivity index (χ1n) is 6.52. The number of aromatic nitrogens is 2. The maximum atomic E-state index is 12.4. The van der Waals surface area contributed by atoms with E-state index in [9.17, 15) is 4.79 Å². The second-order valence-electron chi connectivity index (χ2n) is 4.61. The van der Waals surface area contributed by atoms with Crippen LogP contribution in [0.25, 0.3) is 0 Å². The van der Waals surface area contributed by atoms with Crippen LogP contribution in [0.4, 0.5) is 0 Å². The lowest BCUT2D eigenvalue weighted by Gasteiger charge is -2.18. The minimum absolute atomic E-state index is 0.160. The van der Waals surface area contributed by atoms with Crippen LogP contribution in [0, 0.1) is 11.3 Å². The third-order valence-corrected chi connectivity index (χ3v) is 3.49. The summed E-state index contributed by atoms with van der Waals surface area (Å²) in [5.41, 5.74) is 1.74. The van der Waals surface area contributed by atoms with Gasteiger partial charge in [0.2, 0.25) is 0 Å². The largest absolute Gasteiger partial charge is 0.336 e. The molecule has 0 N–H and O–H groups in total. The molecule has 6 heteroatoms. The first kappa shape index (κ1) is 15.1. The summed E-state index contributed by atoms with van der Waals surface area (Å²) < 4.78 is 1.76. The third-order valence-electron chi connectivity index (χ3n) is 3.17. The van der Waals surface area contributed by atoms with Crippen molar-refractivity contribution in [1.82, 2.24) is 14.7 Å². The Morgan fingerprint density at radius 2 is 2.29 bits per heavy atom. The van der Waals surface area contributed by atoms with E-state index in [1.54, 1.807) is 47.1 Å². The summed E-state index contributed by atoms with van der Waals surface area (Å²) in [6.07, 6.45) is 1.58. The Hall–Kier alpha value is -2.32. The van der Waals surface area contributed by atoms with Crippen molar-refractivity contribution in [2.45, 2.75) is 20.0 Å². The topological polar surface area (TPSA) is 61.9 Å². The third kappa shape index (κ3) is 3.23. The molecule has 1 aromatic carbocycles. The molecule has 0 saturated carbocycles. The van der Waals surface area contributed by atoms with Gasteiger partial charge in [0.25, 0.3) is 5.91 Å². The second kappa shape index (κ2) is 6.42. The fraction of sp³-hybridized carbons (Fsp3) is 0.267. The molecule has 0 aliphatic heterocycles. The van der Waals surface area contributed by atoms with E-state index in [0.717, 1.165) is 5.69 Å². The van der Waals surface area contributed by atoms with Gasteiger partial charge in [-0.2, -0.15) is 10.4 Å². The number of halogens is 1. The van der Waals surface area contributed by atoms with Crippen LogP contribution in [0.3, 0.4) is 0 Å². The molecule has 0 aliphatic carbocycles. The molecule has 0 bridgehead atoms. The smallest absolute Gasteiger partial charge is 0.253 e. The lowest BCUT2D eigenvalue weighted by molar-refractivity contribution is 0.0781. The zero-order valence-electron chi connectivity index (χ0n) is 11.9. The molecule has 0 saturated heterocycles. The minimum Gasteiger partial charge on any atom is -0.336 e. The standard InChI is InChI=1S/C15H15ClN4O/c1-3-20-14(13(16)9-18-20)10-19(2)15(21)12-6-4-5-11(7-12)8-17/h4-7,9H,3,10H2,1-2H3. The average Bonchev–Trinajstić information content (AvgIpc) is 2.86. The number of hydrogen-bond acceptors (Lipinski definition) is 3. The van der Waals surface area contributed by atoms with Gasteiger partial charge in [0.15, 0.2) is 0 Å². The number of aryl methyl sites for hydroxylation is 1. The highest BCUT2D eigenvalue weighted by molar-refractivity contribution is 6.31. The molecule has 1 aromatic heterocycles. The second-order valence-corrected chi connectivity index (χ2v) is 5.02. The highest BCUT2D eigenvalue weighted by Crippen LogP contribution is 2.18. The van der Waals surface area contributed by atoms with Crippen LogP contribution < -0.4 is 0 Å². The first-order chi connectivity index (χ1) is 10.1. The van der Waals surface area contributed by atoms with Gasteiger partial charge in [-0.05, 0) is 25.1 Å². The number of nitriles is 1. The van der Waals surface area contributed by atoms with Gasteiger partial charge in [-0.15, -0.1) is 0 Å². The van der Waals surface area contributed by atoms with Gasteiger partial charge < -0.3 is 4.90 Å². The van der Waals surface area contributed by atoms with Crippen molar-refractivity contribution in [2.75, 3.05) is 7.05 Å². The Labute approximate surface area is 128 Å². The summed E-state index contributed by atoms with van der Waals surface area (Å²) in [5, 5.41) is 13.6. The predicted molar refractivity (Wildman–Crippen MR) is 79.9 cm³/mol. The Bertz CT molecular complexity index is 702. The normalized spacial score (nSPS) is 10.2. The van der Waals surface area contributed by atoms with E-state index in [1.165, 1.54) is 0 Å². The van der Waals surface area contributed by atoms with Gasteiger partial charge >= 0.3 is 0 Å². The van der Waals surface area contributed by atoms with Crippen LogP contribution in [-0.2, 0) is 13.1 Å². The van der Waals surface area contributed by atoms with Crippen LogP contribution in [0.1, 0.15) is 28.5 Å². The van der Waals surface area contributed by atoms with Gasteiger partial charge in [-0.1, -0.05) is 17.7 Å². The molecule has 21 heavy (non-hydrogen) atoms. The van der Waals surface area contributed by atoms with E-state index >= 15 is 0 Å². The number of nitrogens with zero attached hydrogens (tertiary/aromatic N) is 4. The molecule has 0 spiro atoms. The lowest BCUT2D eigenvalue weighted by Crippen LogP contribution is -2.27. The molecule has 5 nitrogen and oxygen atoms in total. The van der Waals surface area contributed by atoms with Gasteiger partial charge in [0, 0.05) is 19.2 Å². The number of carbonyl (C=O) groups is 1. The Morgan fingerprint density at radius 3 is 2.95 bits per heavy atom. The van der Waals surface area contributed by atoms with E-state index < -0.39 is 0 Å². The summed E-state index contributed by atoms with van der Waals surface area (Å²) in [4.78, 5) is 14.0. The van der Waals surface area contributed by atoms with Crippen molar-refractivity contribution < 1.29 is 4.79 Å². The zero-order valence-corrected chi connectivity index (χ0v) is 12.6. The molecule has 0 unspecified atom stereocenters. The van der Waals surface area contributed by atoms with Gasteiger partial charge in [-0.25, -0.2) is 0 Å². The van der Waals surface area contributed by atoms with E-state index in [0.29, 0.717) is 29.2 Å². The molecule has 0 aliphatic rings. The Morgan fingerprint density at radius 1 is 1.52 bits per heavy atom. The Kier molecular flexibility index (Phi) is 4.61. The summed E-state index contributed by atoms with van der Waals surface area (Å²) in [5.74, 6) is -0.160. The van der Waals surface area contributed by atoms with Crippen LogP contribution in [0.2, 0.25) is 5.02 Å². The molecule has 0 atom stereocenters. The number of benzene rings is 1. The fourth-order valence-electron chi connectivity index (χ4n) is 2.06. The number of carbonyl (C=O) groups excluding carboxylic acids is 1. The average molecular weight is 303 g/mol. The quantitative estimate of drug-likeness (QED) is 0.872. The van der Waals surface area contributed by atoms with Crippen molar-refractivity contribution in [3.8, 4) is 6.07 Å². The number of rotatable bonds is 4. The monoisotopic (exact) mass is 302 g/mol. The zero-order chi connectivity index (χ0) is 15.4. The maximum Gasteiger partial charge on any atom is 0.253 e. The molecular formula is C15H15ClN4O. The molecule has 2 rings (SSSR count). The van der Waals surface area contributed by atoms with Crippen LogP contribution in [0.15, 0.2) is 30.5 Å². The molecule has 108 valence electrons. The van der Waals surface area contributed by atoms with Crippen molar-refractivity contribution in [2.24, 2.45) is 0 Å². The maximum absolute atomic E-state index is 12.4. The van der Waals surface area contributed by atoms with Crippen molar-refractivity contribution >= 4 is 17.5 Å². The number of hydrogen-bond donors (Lipinski definition) is 0. The summed E-state index contributed by atoms with van der Waals surface area (Å²) >= 11 is 6.10. The van der Waals surface area contributed by atoms with Crippen molar-refractivity contribution in [3.63, 3.8) is 0 Å². The summed E-state index contributed by atoms with van der Waals surface area (Å²) in [7, 11) is 1.70. The van der Waals surface area contributed by atoms with Crippen LogP contribution >= 0.6 is 11.6 Å². The highest BCUT2D eigenvalue weighted by atomic mass is 35.5. The van der Waals surface area contributed by atoms with Crippen molar-refractivity contribution in [3.05, 3.63) is 52.3 Å². The molecule has 1 amide bonds. The predicted octanol–water partition coefficient (Wildman–Crippen LogP) is 2.70. The lowest BCUT2D eigenvalue weighted by atomic mass is 10.1. The highest BCUT2D eigenvalue weighted by Gasteiger charge is 2.16. The first-order valence-corrected chi connectivity index (χ1v) is 6.90. The molecule has 0 radical (unpaired) electrons. The van der Waals surface area contributed by atoms with Crippen molar-refractivity contribution in [1.29, 1.82) is 5.26 Å². The summed E-state index contributed by atoms with van der Waals surface area (Å²) in [6.45, 7) is 3.02. The molecule has 1 heterocycles. The summed E-state index contributed by atoms with van der Waals surface area (Å²) in [6, 6.07) is 8.67. The molecular weight excluding hydrogens is 288 g/mol. The van der Waals surface area contributed by atoms with Crippen LogP contribution in [-0.4, -0.2) is 27.6 Å². The minimum atomic E-state index is -0.160. The van der Waals surface area contributed by atoms with Gasteiger partial charge in [0.1, 0.15) is 0 Å². The van der Waals surface area contributed by atoms with Gasteiger partial charge in [0.05, 0.1) is 35.1 Å². The molecule has 0 fully saturated rings. The van der Waals surface area contributed by atoms with E-state index in [1.807, 2.05) is 13.0 Å². The van der Waals surface area contributed by atoms with E-state index in [-0.39, 0.29) is 5.91 Å².